The van der Waals surface area contributed by atoms with Crippen LogP contribution in [0.4, 0.5) is 0 Å². The van der Waals surface area contributed by atoms with Crippen LogP contribution < -0.4 is 0 Å². The Morgan fingerprint density at radius 3 is 1.62 bits per heavy atom. The van der Waals surface area contributed by atoms with E-state index in [2.05, 4.69) is 6.92 Å². The molecule has 0 saturated heterocycles. The Morgan fingerprint density at radius 1 is 0.905 bits per heavy atom. The van der Waals surface area contributed by atoms with Gasteiger partial charge in [-0.25, -0.2) is 0 Å². The molecule has 0 aliphatic carbocycles. The topological polar surface area (TPSA) is 91.7 Å². The van der Waals surface area contributed by atoms with Crippen LogP contribution in [-0.4, -0.2) is 28.8 Å². The molecule has 6 heteroatoms. The standard InChI is InChI=1S/C15H30O5S/c1-3-4-5-6-7-8-9-10-11-12-13-15(2,14(16)17)21(18,19)20/h3-13H2,1-2H3,(H,16,17)(H,18,19,20). The van der Waals surface area contributed by atoms with Gasteiger partial charge in [0.15, 0.2) is 4.75 Å². The van der Waals surface area contributed by atoms with E-state index in [0.717, 1.165) is 26.2 Å². The highest BCUT2D eigenvalue weighted by atomic mass is 32.2. The van der Waals surface area contributed by atoms with Crippen LogP contribution in [0.15, 0.2) is 0 Å². The Morgan fingerprint density at radius 2 is 1.29 bits per heavy atom. The second-order valence-corrected chi connectivity index (χ2v) is 7.79. The molecule has 0 radical (unpaired) electrons. The van der Waals surface area contributed by atoms with Gasteiger partial charge in [0, 0.05) is 0 Å². The fraction of sp³-hybridized carbons (Fsp3) is 0.933. The lowest BCUT2D eigenvalue weighted by atomic mass is 10.0. The molecule has 5 nitrogen and oxygen atoms in total. The lowest BCUT2D eigenvalue weighted by molar-refractivity contribution is -0.140. The first-order chi connectivity index (χ1) is 9.75. The van der Waals surface area contributed by atoms with E-state index in [-0.39, 0.29) is 6.42 Å². The molecular weight excluding hydrogens is 292 g/mol. The van der Waals surface area contributed by atoms with Crippen LogP contribution in [0.3, 0.4) is 0 Å². The predicted octanol–water partition coefficient (Wildman–Crippen LogP) is 4.03. The van der Waals surface area contributed by atoms with Crippen molar-refractivity contribution in [3.05, 3.63) is 0 Å². The molecule has 0 aliphatic heterocycles. The summed E-state index contributed by atoms with van der Waals surface area (Å²) < 4.78 is 29.3. The molecule has 2 N–H and O–H groups in total. The van der Waals surface area contributed by atoms with E-state index >= 15 is 0 Å². The second-order valence-electron chi connectivity index (χ2n) is 5.94. The zero-order chi connectivity index (χ0) is 16.4. The molecule has 0 spiro atoms. The van der Waals surface area contributed by atoms with E-state index in [0.29, 0.717) is 6.42 Å². The third-order valence-electron chi connectivity index (χ3n) is 4.03. The van der Waals surface area contributed by atoms with Gasteiger partial charge in [0.2, 0.25) is 0 Å². The number of hydrogen-bond acceptors (Lipinski definition) is 3. The van der Waals surface area contributed by atoms with Crippen LogP contribution in [0.25, 0.3) is 0 Å². The highest BCUT2D eigenvalue weighted by Crippen LogP contribution is 2.24. The van der Waals surface area contributed by atoms with Crippen molar-refractivity contribution in [2.24, 2.45) is 0 Å². The van der Waals surface area contributed by atoms with Crippen LogP contribution >= 0.6 is 0 Å². The summed E-state index contributed by atoms with van der Waals surface area (Å²) in [5, 5.41) is 8.97. The van der Waals surface area contributed by atoms with Gasteiger partial charge in [0.25, 0.3) is 10.1 Å². The maximum Gasteiger partial charge on any atom is 0.327 e. The molecule has 0 bridgehead atoms. The van der Waals surface area contributed by atoms with Crippen LogP contribution in [-0.2, 0) is 14.9 Å². The molecule has 0 aromatic rings. The van der Waals surface area contributed by atoms with Gasteiger partial charge in [0.1, 0.15) is 0 Å². The number of carboxylic acids is 1. The summed E-state index contributed by atoms with van der Waals surface area (Å²) >= 11 is 0. The van der Waals surface area contributed by atoms with Gasteiger partial charge in [-0.05, 0) is 13.3 Å². The number of carboxylic acid groups (broad SMARTS) is 1. The molecular formula is C15H30O5S. The smallest absolute Gasteiger partial charge is 0.327 e. The molecule has 0 aliphatic rings. The second kappa shape index (κ2) is 10.2. The van der Waals surface area contributed by atoms with Gasteiger partial charge < -0.3 is 5.11 Å². The van der Waals surface area contributed by atoms with Crippen molar-refractivity contribution in [2.45, 2.75) is 89.2 Å². The summed E-state index contributed by atoms with van der Waals surface area (Å²) in [4.78, 5) is 11.0. The van der Waals surface area contributed by atoms with E-state index in [1.54, 1.807) is 0 Å². The summed E-state index contributed by atoms with van der Waals surface area (Å²) in [7, 11) is -4.57. The third-order valence-corrected chi connectivity index (χ3v) is 5.55. The van der Waals surface area contributed by atoms with Crippen LogP contribution in [0.2, 0.25) is 0 Å². The fourth-order valence-corrected chi connectivity index (χ4v) is 2.92. The van der Waals surface area contributed by atoms with Crippen molar-refractivity contribution < 1.29 is 22.9 Å². The van der Waals surface area contributed by atoms with Crippen molar-refractivity contribution in [1.29, 1.82) is 0 Å². The Kier molecular flexibility index (Phi) is 9.86. The molecule has 0 heterocycles. The fourth-order valence-electron chi connectivity index (χ4n) is 2.30. The number of carbonyl (C=O) groups is 1. The first-order valence-electron chi connectivity index (χ1n) is 7.96. The zero-order valence-electron chi connectivity index (χ0n) is 13.3. The molecule has 0 saturated carbocycles. The van der Waals surface area contributed by atoms with Gasteiger partial charge >= 0.3 is 5.97 Å². The summed E-state index contributed by atoms with van der Waals surface area (Å²) in [5.74, 6) is -1.49. The molecule has 1 atom stereocenters. The first-order valence-corrected chi connectivity index (χ1v) is 9.40. The largest absolute Gasteiger partial charge is 0.480 e. The molecule has 0 aromatic heterocycles. The van der Waals surface area contributed by atoms with E-state index in [1.165, 1.54) is 38.5 Å². The minimum Gasteiger partial charge on any atom is -0.480 e. The minimum absolute atomic E-state index is 0.0440. The van der Waals surface area contributed by atoms with Crippen molar-refractivity contribution in [1.82, 2.24) is 0 Å². The van der Waals surface area contributed by atoms with Crippen molar-refractivity contribution in [2.75, 3.05) is 0 Å². The number of hydrogen-bond donors (Lipinski definition) is 2. The molecule has 0 rings (SSSR count). The predicted molar refractivity (Wildman–Crippen MR) is 84.1 cm³/mol. The van der Waals surface area contributed by atoms with Crippen LogP contribution in [0.5, 0.6) is 0 Å². The summed E-state index contributed by atoms with van der Waals surface area (Å²) in [5.41, 5.74) is 0. The average molecular weight is 322 g/mol. The molecule has 126 valence electrons. The Balaban J connectivity index is 3.77. The summed E-state index contributed by atoms with van der Waals surface area (Å²) in [6, 6.07) is 0. The normalized spacial score (nSPS) is 14.8. The first kappa shape index (κ1) is 20.4. The molecule has 0 aromatic carbocycles. The minimum atomic E-state index is -4.57. The van der Waals surface area contributed by atoms with Crippen molar-refractivity contribution in [3.8, 4) is 0 Å². The Bertz CT molecular complexity index is 391. The monoisotopic (exact) mass is 322 g/mol. The average Bonchev–Trinajstić information content (AvgIpc) is 2.39. The maximum atomic E-state index is 11.2. The highest BCUT2D eigenvalue weighted by Gasteiger charge is 2.45. The van der Waals surface area contributed by atoms with Crippen LogP contribution in [0.1, 0.15) is 84.5 Å². The van der Waals surface area contributed by atoms with Gasteiger partial charge in [-0.15, -0.1) is 0 Å². The SMILES string of the molecule is CCCCCCCCCCCCC(C)(C(=O)O)S(=O)(=O)O. The van der Waals surface area contributed by atoms with Crippen molar-refractivity contribution >= 4 is 16.1 Å². The molecule has 1 unspecified atom stereocenters. The highest BCUT2D eigenvalue weighted by molar-refractivity contribution is 7.88. The third kappa shape index (κ3) is 7.81. The van der Waals surface area contributed by atoms with E-state index < -0.39 is 20.8 Å². The summed E-state index contributed by atoms with van der Waals surface area (Å²) in [6.45, 7) is 3.26. The van der Waals surface area contributed by atoms with Gasteiger partial charge in [-0.1, -0.05) is 71.1 Å². The van der Waals surface area contributed by atoms with Crippen molar-refractivity contribution in [3.63, 3.8) is 0 Å². The molecule has 0 fully saturated rings. The van der Waals surface area contributed by atoms with Gasteiger partial charge in [-0.2, -0.15) is 8.42 Å². The Labute approximate surface area is 128 Å². The number of rotatable bonds is 13. The summed E-state index contributed by atoms with van der Waals surface area (Å²) in [6.07, 6.45) is 10.9. The lowest BCUT2D eigenvalue weighted by Crippen LogP contribution is -2.43. The van der Waals surface area contributed by atoms with E-state index in [9.17, 15) is 13.2 Å². The molecule has 21 heavy (non-hydrogen) atoms. The molecule has 0 amide bonds. The van der Waals surface area contributed by atoms with E-state index in [1.807, 2.05) is 0 Å². The van der Waals surface area contributed by atoms with E-state index in [4.69, 9.17) is 9.66 Å². The van der Waals surface area contributed by atoms with Crippen LogP contribution in [0, 0.1) is 0 Å². The Hall–Kier alpha value is -0.620. The zero-order valence-corrected chi connectivity index (χ0v) is 14.1. The maximum absolute atomic E-state index is 11.2. The quantitative estimate of drug-likeness (QED) is 0.394. The van der Waals surface area contributed by atoms with Gasteiger partial charge in [0.05, 0.1) is 0 Å². The number of aliphatic carboxylic acids is 1. The number of unbranched alkanes of at least 4 members (excludes halogenated alkanes) is 9. The van der Waals surface area contributed by atoms with Gasteiger partial charge in [-0.3, -0.25) is 9.35 Å². The lowest BCUT2D eigenvalue weighted by Gasteiger charge is -2.20.